The predicted molar refractivity (Wildman–Crippen MR) is 61.9 cm³/mol. The van der Waals surface area contributed by atoms with Crippen LogP contribution in [0, 0.1) is 5.41 Å². The van der Waals surface area contributed by atoms with E-state index in [0.29, 0.717) is 6.42 Å². The summed E-state index contributed by atoms with van der Waals surface area (Å²) >= 11 is 0. The van der Waals surface area contributed by atoms with Crippen molar-refractivity contribution in [3.8, 4) is 0 Å². The van der Waals surface area contributed by atoms with Crippen LogP contribution < -0.4 is 0 Å². The van der Waals surface area contributed by atoms with Crippen LogP contribution in [0.4, 0.5) is 0 Å². The highest BCUT2D eigenvalue weighted by Gasteiger charge is 2.24. The molecule has 16 heavy (non-hydrogen) atoms. The highest BCUT2D eigenvalue weighted by Crippen LogP contribution is 2.15. The topological polar surface area (TPSA) is 66.8 Å². The summed E-state index contributed by atoms with van der Waals surface area (Å²) in [6, 6.07) is 0. The molecule has 4 heteroatoms. The number of esters is 1. The Kier molecular flexibility index (Phi) is 7.85. The zero-order chi connectivity index (χ0) is 12.4. The number of aliphatic hydroxyl groups excluding tert-OH is 2. The molecule has 2 N–H and O–H groups in total. The predicted octanol–water partition coefficient (Wildman–Crippen LogP) is 1.27. The van der Waals surface area contributed by atoms with Gasteiger partial charge < -0.3 is 14.9 Å². The molecule has 94 valence electrons. The van der Waals surface area contributed by atoms with Crippen molar-refractivity contribution < 1.29 is 19.7 Å². The van der Waals surface area contributed by atoms with Crippen molar-refractivity contribution in [1.82, 2.24) is 0 Å². The molecule has 0 fully saturated rings. The first-order valence-electron chi connectivity index (χ1n) is 5.56. The van der Waals surface area contributed by atoms with Gasteiger partial charge in [0.25, 0.3) is 0 Å². The molecule has 0 unspecified atom stereocenters. The molecule has 0 aromatic heterocycles. The lowest BCUT2D eigenvalue weighted by Crippen LogP contribution is -2.32. The number of rotatable bonds is 8. The molecule has 0 aliphatic carbocycles. The summed E-state index contributed by atoms with van der Waals surface area (Å²) in [7, 11) is 0. The highest BCUT2D eigenvalue weighted by molar-refractivity contribution is 5.69. The smallest absolute Gasteiger partial charge is 0.305 e. The van der Waals surface area contributed by atoms with Gasteiger partial charge in [-0.1, -0.05) is 19.1 Å². The van der Waals surface area contributed by atoms with Gasteiger partial charge >= 0.3 is 5.97 Å². The second kappa shape index (κ2) is 8.30. The van der Waals surface area contributed by atoms with Crippen LogP contribution in [0.3, 0.4) is 0 Å². The van der Waals surface area contributed by atoms with E-state index >= 15 is 0 Å². The van der Waals surface area contributed by atoms with Gasteiger partial charge in [0.2, 0.25) is 0 Å². The molecular weight excluding hydrogens is 208 g/mol. The lowest BCUT2D eigenvalue weighted by atomic mass is 9.94. The molecule has 0 heterocycles. The van der Waals surface area contributed by atoms with Gasteiger partial charge in [-0.3, -0.25) is 4.79 Å². The summed E-state index contributed by atoms with van der Waals surface area (Å²) in [4.78, 5) is 11.3. The summed E-state index contributed by atoms with van der Waals surface area (Å²) in [5.74, 6) is -0.280. The number of hydrogen-bond acceptors (Lipinski definition) is 4. The summed E-state index contributed by atoms with van der Waals surface area (Å²) in [6.07, 6.45) is 5.94. The molecular formula is C12H22O4. The van der Waals surface area contributed by atoms with Gasteiger partial charge in [0.15, 0.2) is 0 Å². The van der Waals surface area contributed by atoms with Gasteiger partial charge in [-0.25, -0.2) is 0 Å². The van der Waals surface area contributed by atoms with Crippen LogP contribution in [0.15, 0.2) is 12.2 Å². The molecule has 4 nitrogen and oxygen atoms in total. The van der Waals surface area contributed by atoms with E-state index in [1.165, 1.54) is 0 Å². The largest absolute Gasteiger partial charge is 0.465 e. The van der Waals surface area contributed by atoms with Gasteiger partial charge in [0, 0.05) is 11.8 Å². The van der Waals surface area contributed by atoms with E-state index in [1.807, 2.05) is 19.1 Å². The minimum Gasteiger partial charge on any atom is -0.465 e. The maximum atomic E-state index is 11.3. The van der Waals surface area contributed by atoms with E-state index in [2.05, 4.69) is 0 Å². The fraction of sp³-hybridized carbons (Fsp3) is 0.750. The lowest BCUT2D eigenvalue weighted by molar-refractivity contribution is -0.149. The number of carbonyl (C=O) groups excluding carboxylic acids is 1. The normalized spacial score (nSPS) is 12.0. The molecule has 0 amide bonds. The molecule has 0 aliphatic heterocycles. The Morgan fingerprint density at radius 1 is 1.38 bits per heavy atom. The quantitative estimate of drug-likeness (QED) is 0.374. The Bertz CT molecular complexity index is 219. The van der Waals surface area contributed by atoms with Gasteiger partial charge in [-0.2, -0.15) is 0 Å². The second-order valence-corrected chi connectivity index (χ2v) is 4.25. The van der Waals surface area contributed by atoms with Crippen molar-refractivity contribution >= 4 is 5.97 Å². The van der Waals surface area contributed by atoms with Crippen molar-refractivity contribution in [2.24, 2.45) is 5.41 Å². The molecule has 0 atom stereocenters. The van der Waals surface area contributed by atoms with E-state index in [1.54, 1.807) is 6.92 Å². The zero-order valence-corrected chi connectivity index (χ0v) is 10.1. The number of aliphatic hydroxyl groups is 2. The number of ether oxygens (including phenoxy) is 1. The Morgan fingerprint density at radius 3 is 2.50 bits per heavy atom. The van der Waals surface area contributed by atoms with Crippen molar-refractivity contribution in [2.45, 2.75) is 33.1 Å². The summed E-state index contributed by atoms with van der Waals surface area (Å²) in [5.41, 5.74) is -0.737. The Labute approximate surface area is 96.9 Å². The van der Waals surface area contributed by atoms with Crippen molar-refractivity contribution in [2.75, 3.05) is 19.8 Å². The van der Waals surface area contributed by atoms with Crippen LogP contribution in [-0.4, -0.2) is 36.0 Å². The van der Waals surface area contributed by atoms with Crippen LogP contribution in [0.5, 0.6) is 0 Å². The lowest BCUT2D eigenvalue weighted by Gasteiger charge is -2.23. The molecule has 0 aromatic rings. The first kappa shape index (κ1) is 15.1. The third-order valence-corrected chi connectivity index (χ3v) is 2.33. The molecule has 0 saturated heterocycles. The minimum atomic E-state index is -0.737. The van der Waals surface area contributed by atoms with E-state index in [4.69, 9.17) is 14.9 Å². The van der Waals surface area contributed by atoms with Gasteiger partial charge in [-0.05, 0) is 19.8 Å². The number of hydrogen-bond donors (Lipinski definition) is 2. The standard InChI is InChI=1S/C12H22O4/c1-3-4-5-6-7-11(15)16-10-12(2,8-13)9-14/h3-4,13-14H,5-10H2,1-2H3/b4-3-. The Balaban J connectivity index is 3.72. The van der Waals surface area contributed by atoms with Crippen molar-refractivity contribution in [3.63, 3.8) is 0 Å². The van der Waals surface area contributed by atoms with E-state index in [-0.39, 0.29) is 25.8 Å². The average Bonchev–Trinajstić information content (AvgIpc) is 2.31. The number of carbonyl (C=O) groups is 1. The first-order valence-corrected chi connectivity index (χ1v) is 5.56. The van der Waals surface area contributed by atoms with Crippen LogP contribution in [0.25, 0.3) is 0 Å². The van der Waals surface area contributed by atoms with Gasteiger partial charge in [0.1, 0.15) is 6.61 Å². The summed E-state index contributed by atoms with van der Waals surface area (Å²) in [5, 5.41) is 18.0. The molecule has 0 bridgehead atoms. The number of unbranched alkanes of at least 4 members (excludes halogenated alkanes) is 1. The number of allylic oxidation sites excluding steroid dienone is 2. The molecule has 0 aromatic carbocycles. The summed E-state index contributed by atoms with van der Waals surface area (Å²) in [6.45, 7) is 3.26. The monoisotopic (exact) mass is 230 g/mol. The van der Waals surface area contributed by atoms with Crippen LogP contribution in [-0.2, 0) is 9.53 Å². The van der Waals surface area contributed by atoms with Gasteiger partial charge in [-0.15, -0.1) is 0 Å². The van der Waals surface area contributed by atoms with Crippen LogP contribution in [0.2, 0.25) is 0 Å². The first-order chi connectivity index (χ1) is 7.58. The fourth-order valence-corrected chi connectivity index (χ4v) is 0.999. The van der Waals surface area contributed by atoms with Gasteiger partial charge in [0.05, 0.1) is 13.2 Å². The van der Waals surface area contributed by atoms with E-state index < -0.39 is 5.41 Å². The molecule has 0 saturated carbocycles. The SMILES string of the molecule is C/C=C\CCCC(=O)OCC(C)(CO)CO. The summed E-state index contributed by atoms with van der Waals surface area (Å²) < 4.78 is 4.99. The molecule has 0 rings (SSSR count). The fourth-order valence-electron chi connectivity index (χ4n) is 0.999. The highest BCUT2D eigenvalue weighted by atomic mass is 16.5. The second-order valence-electron chi connectivity index (χ2n) is 4.25. The van der Waals surface area contributed by atoms with E-state index in [0.717, 1.165) is 12.8 Å². The van der Waals surface area contributed by atoms with Crippen molar-refractivity contribution in [3.05, 3.63) is 12.2 Å². The molecule has 0 radical (unpaired) electrons. The minimum absolute atomic E-state index is 0.0580. The van der Waals surface area contributed by atoms with Crippen LogP contribution in [0.1, 0.15) is 33.1 Å². The molecule has 0 aliphatic rings. The average molecular weight is 230 g/mol. The zero-order valence-electron chi connectivity index (χ0n) is 10.1. The Morgan fingerprint density at radius 2 is 2.00 bits per heavy atom. The Hall–Kier alpha value is -0.870. The third-order valence-electron chi connectivity index (χ3n) is 2.33. The maximum absolute atomic E-state index is 11.3. The van der Waals surface area contributed by atoms with Crippen molar-refractivity contribution in [1.29, 1.82) is 0 Å². The third kappa shape index (κ3) is 6.58. The van der Waals surface area contributed by atoms with Crippen LogP contribution >= 0.6 is 0 Å². The maximum Gasteiger partial charge on any atom is 0.305 e. The molecule has 0 spiro atoms. The van der Waals surface area contributed by atoms with E-state index in [9.17, 15) is 4.79 Å².